The fourth-order valence-electron chi connectivity index (χ4n) is 3.59. The Bertz CT molecular complexity index is 219. The highest BCUT2D eigenvalue weighted by atomic mass is 16.3. The molecular weight excluding hydrogens is 210 g/mol. The first-order valence-corrected chi connectivity index (χ1v) is 7.71. The topological polar surface area (TPSA) is 32.3 Å². The van der Waals surface area contributed by atoms with E-state index in [4.69, 9.17) is 0 Å². The molecule has 0 aliphatic heterocycles. The molecule has 2 nitrogen and oxygen atoms in total. The number of hydrogen-bond acceptors (Lipinski definition) is 2. The highest BCUT2D eigenvalue weighted by Gasteiger charge is 2.25. The summed E-state index contributed by atoms with van der Waals surface area (Å²) in [6.07, 6.45) is 11.6. The van der Waals surface area contributed by atoms with Gasteiger partial charge in [-0.1, -0.05) is 39.0 Å². The molecule has 4 atom stereocenters. The second kappa shape index (κ2) is 6.75. The van der Waals surface area contributed by atoms with Gasteiger partial charge in [-0.05, 0) is 37.5 Å². The fourth-order valence-corrected chi connectivity index (χ4v) is 3.59. The third-order valence-electron chi connectivity index (χ3n) is 4.90. The van der Waals surface area contributed by atoms with Crippen molar-refractivity contribution >= 4 is 0 Å². The van der Waals surface area contributed by atoms with Crippen LogP contribution in [0.15, 0.2) is 0 Å². The summed E-state index contributed by atoms with van der Waals surface area (Å²) in [4.78, 5) is 0. The quantitative estimate of drug-likeness (QED) is 0.790. The maximum atomic E-state index is 9.96. The Morgan fingerprint density at radius 2 is 1.88 bits per heavy atom. The molecule has 0 amide bonds. The molecule has 2 aliphatic carbocycles. The molecular formula is C15H29NO. The average molecular weight is 239 g/mol. The Morgan fingerprint density at radius 3 is 2.65 bits per heavy atom. The zero-order valence-corrected chi connectivity index (χ0v) is 11.3. The highest BCUT2D eigenvalue weighted by Crippen LogP contribution is 2.28. The predicted molar refractivity (Wildman–Crippen MR) is 72.0 cm³/mol. The van der Waals surface area contributed by atoms with Gasteiger partial charge in [-0.25, -0.2) is 0 Å². The van der Waals surface area contributed by atoms with Crippen molar-refractivity contribution in [2.75, 3.05) is 6.54 Å². The van der Waals surface area contributed by atoms with Crippen LogP contribution in [0, 0.1) is 11.8 Å². The van der Waals surface area contributed by atoms with Crippen LogP contribution in [-0.4, -0.2) is 23.8 Å². The fraction of sp³-hybridized carbons (Fsp3) is 1.00. The number of rotatable bonds is 4. The maximum absolute atomic E-state index is 9.96. The van der Waals surface area contributed by atoms with Crippen LogP contribution in [0.4, 0.5) is 0 Å². The van der Waals surface area contributed by atoms with Gasteiger partial charge in [-0.2, -0.15) is 0 Å². The molecule has 0 aromatic rings. The summed E-state index contributed by atoms with van der Waals surface area (Å²) in [5.74, 6) is 1.46. The van der Waals surface area contributed by atoms with Gasteiger partial charge in [0.15, 0.2) is 0 Å². The summed E-state index contributed by atoms with van der Waals surface area (Å²) in [6, 6.07) is 0.725. The zero-order chi connectivity index (χ0) is 12.1. The van der Waals surface area contributed by atoms with Crippen molar-refractivity contribution in [1.29, 1.82) is 0 Å². The molecule has 17 heavy (non-hydrogen) atoms. The van der Waals surface area contributed by atoms with Crippen LogP contribution in [0.5, 0.6) is 0 Å². The first-order valence-electron chi connectivity index (χ1n) is 7.71. The van der Waals surface area contributed by atoms with E-state index in [1.807, 2.05) is 0 Å². The first-order chi connectivity index (χ1) is 8.29. The summed E-state index contributed by atoms with van der Waals surface area (Å²) < 4.78 is 0. The molecule has 0 bridgehead atoms. The van der Waals surface area contributed by atoms with E-state index >= 15 is 0 Å². The van der Waals surface area contributed by atoms with Crippen molar-refractivity contribution in [2.45, 2.75) is 76.9 Å². The molecule has 100 valence electrons. The predicted octanol–water partition coefficient (Wildman–Crippen LogP) is 3.10. The van der Waals surface area contributed by atoms with E-state index in [9.17, 15) is 5.11 Å². The molecule has 0 aromatic carbocycles. The van der Waals surface area contributed by atoms with Gasteiger partial charge in [0.1, 0.15) is 0 Å². The smallest absolute Gasteiger partial charge is 0.0580 e. The summed E-state index contributed by atoms with van der Waals surface area (Å²) in [5, 5.41) is 13.7. The molecule has 2 fully saturated rings. The van der Waals surface area contributed by atoms with Gasteiger partial charge in [0.25, 0.3) is 0 Å². The second-order valence-corrected chi connectivity index (χ2v) is 6.16. The second-order valence-electron chi connectivity index (χ2n) is 6.16. The largest absolute Gasteiger partial charge is 0.393 e. The van der Waals surface area contributed by atoms with Crippen molar-refractivity contribution < 1.29 is 5.11 Å². The van der Waals surface area contributed by atoms with Crippen LogP contribution in [-0.2, 0) is 0 Å². The van der Waals surface area contributed by atoms with E-state index < -0.39 is 0 Å². The van der Waals surface area contributed by atoms with E-state index in [1.54, 1.807) is 0 Å². The van der Waals surface area contributed by atoms with Gasteiger partial charge in [-0.3, -0.25) is 0 Å². The van der Waals surface area contributed by atoms with Crippen molar-refractivity contribution in [3.63, 3.8) is 0 Å². The van der Waals surface area contributed by atoms with Gasteiger partial charge in [0, 0.05) is 12.6 Å². The standard InChI is InChI=1S/C15H29NO/c1-2-12-6-5-8-14(10-12)16-11-13-7-3-4-9-15(13)17/h12-17H,2-11H2,1H3/t12-,13+,14+,15-/m1/s1. The van der Waals surface area contributed by atoms with Crippen LogP contribution in [0.3, 0.4) is 0 Å². The van der Waals surface area contributed by atoms with Gasteiger partial charge in [0.05, 0.1) is 6.10 Å². The van der Waals surface area contributed by atoms with Crippen molar-refractivity contribution in [1.82, 2.24) is 5.32 Å². The minimum atomic E-state index is -0.0400. The lowest BCUT2D eigenvalue weighted by Crippen LogP contribution is -2.40. The Hall–Kier alpha value is -0.0800. The van der Waals surface area contributed by atoms with Gasteiger partial charge < -0.3 is 10.4 Å². The van der Waals surface area contributed by atoms with E-state index in [0.717, 1.165) is 24.9 Å². The van der Waals surface area contributed by atoms with Crippen LogP contribution in [0.1, 0.15) is 64.7 Å². The van der Waals surface area contributed by atoms with Crippen molar-refractivity contribution in [3.8, 4) is 0 Å². The van der Waals surface area contributed by atoms with Gasteiger partial charge >= 0.3 is 0 Å². The number of hydrogen-bond donors (Lipinski definition) is 2. The first kappa shape index (κ1) is 13.4. The number of aliphatic hydroxyl groups excluding tert-OH is 1. The Labute approximate surface area is 106 Å². The lowest BCUT2D eigenvalue weighted by Gasteiger charge is -2.33. The third-order valence-corrected chi connectivity index (χ3v) is 4.90. The summed E-state index contributed by atoms with van der Waals surface area (Å²) in [6.45, 7) is 3.36. The Balaban J connectivity index is 1.69. The van der Waals surface area contributed by atoms with Gasteiger partial charge in [-0.15, -0.1) is 0 Å². The minimum absolute atomic E-state index is 0.0400. The molecule has 0 aromatic heterocycles. The summed E-state index contributed by atoms with van der Waals surface area (Å²) in [7, 11) is 0. The van der Waals surface area contributed by atoms with Crippen LogP contribution in [0.2, 0.25) is 0 Å². The normalized spacial score (nSPS) is 39.2. The van der Waals surface area contributed by atoms with E-state index in [0.29, 0.717) is 5.92 Å². The van der Waals surface area contributed by atoms with Crippen LogP contribution >= 0.6 is 0 Å². The molecule has 0 spiro atoms. The third kappa shape index (κ3) is 3.96. The molecule has 2 heteroatoms. The molecule has 0 unspecified atom stereocenters. The molecule has 2 aliphatic rings. The van der Waals surface area contributed by atoms with Crippen LogP contribution in [0.25, 0.3) is 0 Å². The number of aliphatic hydroxyl groups is 1. The SMILES string of the molecule is CC[C@@H]1CCC[C@H](NC[C@@H]2CCCC[C@H]2O)C1. The summed E-state index contributed by atoms with van der Waals surface area (Å²) in [5.41, 5.74) is 0. The molecule has 2 N–H and O–H groups in total. The summed E-state index contributed by atoms with van der Waals surface area (Å²) >= 11 is 0. The molecule has 2 rings (SSSR count). The zero-order valence-electron chi connectivity index (χ0n) is 11.3. The van der Waals surface area contributed by atoms with E-state index in [1.165, 1.54) is 51.4 Å². The average Bonchev–Trinajstić information content (AvgIpc) is 2.38. The Kier molecular flexibility index (Phi) is 5.30. The molecule has 0 heterocycles. The monoisotopic (exact) mass is 239 g/mol. The molecule has 2 saturated carbocycles. The Morgan fingerprint density at radius 1 is 1.06 bits per heavy atom. The van der Waals surface area contributed by atoms with Crippen molar-refractivity contribution in [2.24, 2.45) is 11.8 Å². The highest BCUT2D eigenvalue weighted by molar-refractivity contribution is 4.81. The van der Waals surface area contributed by atoms with Crippen molar-refractivity contribution in [3.05, 3.63) is 0 Å². The maximum Gasteiger partial charge on any atom is 0.0580 e. The van der Waals surface area contributed by atoms with E-state index in [2.05, 4.69) is 12.2 Å². The lowest BCUT2D eigenvalue weighted by molar-refractivity contribution is 0.0665. The lowest BCUT2D eigenvalue weighted by atomic mass is 9.83. The van der Waals surface area contributed by atoms with Crippen LogP contribution < -0.4 is 5.32 Å². The van der Waals surface area contributed by atoms with E-state index in [-0.39, 0.29) is 6.10 Å². The van der Waals surface area contributed by atoms with Gasteiger partial charge in [0.2, 0.25) is 0 Å². The minimum Gasteiger partial charge on any atom is -0.393 e. The number of nitrogens with one attached hydrogen (secondary N) is 1. The molecule has 0 radical (unpaired) electrons. The molecule has 0 saturated heterocycles.